The average molecular weight is 487 g/mol. The standard InChI is InChI=1S/C20H24Cl2N4O2S2/c1-13(15-9-11-17(21)29-15)23-25-19(27)7-5-3-4-6-8-20(28)26-24-14(2)16-10-12-18(22)30-16/h9-12H,3-8H2,1-2H3,(H,25,27)(H,26,28)/b23-13+,24-14+. The van der Waals surface area contributed by atoms with E-state index in [1.807, 2.05) is 26.0 Å². The van der Waals surface area contributed by atoms with Gasteiger partial charge in [-0.05, 0) is 51.0 Å². The van der Waals surface area contributed by atoms with E-state index in [1.165, 1.54) is 22.7 Å². The van der Waals surface area contributed by atoms with Gasteiger partial charge in [-0.3, -0.25) is 9.59 Å². The lowest BCUT2D eigenvalue weighted by Crippen LogP contribution is -2.19. The van der Waals surface area contributed by atoms with Gasteiger partial charge in [0.05, 0.1) is 29.9 Å². The molecule has 0 saturated heterocycles. The van der Waals surface area contributed by atoms with Crippen LogP contribution >= 0.6 is 45.9 Å². The Kier molecular flexibility index (Phi) is 10.5. The molecule has 0 fully saturated rings. The van der Waals surface area contributed by atoms with Gasteiger partial charge in [-0.1, -0.05) is 36.0 Å². The predicted molar refractivity (Wildman–Crippen MR) is 127 cm³/mol. The van der Waals surface area contributed by atoms with Crippen molar-refractivity contribution in [2.75, 3.05) is 0 Å². The first kappa shape index (κ1) is 24.5. The van der Waals surface area contributed by atoms with Crippen molar-refractivity contribution >= 4 is 69.1 Å². The van der Waals surface area contributed by atoms with Crippen LogP contribution in [0.15, 0.2) is 34.5 Å². The van der Waals surface area contributed by atoms with Crippen molar-refractivity contribution in [1.29, 1.82) is 0 Å². The Morgan fingerprint density at radius 2 is 1.17 bits per heavy atom. The van der Waals surface area contributed by atoms with Crippen molar-refractivity contribution in [3.05, 3.63) is 42.7 Å². The molecule has 0 atom stereocenters. The molecule has 0 spiro atoms. The van der Waals surface area contributed by atoms with Gasteiger partial charge in [0.25, 0.3) is 0 Å². The van der Waals surface area contributed by atoms with Crippen molar-refractivity contribution in [3.63, 3.8) is 0 Å². The number of rotatable bonds is 11. The van der Waals surface area contributed by atoms with Gasteiger partial charge in [0.15, 0.2) is 0 Å². The molecule has 2 rings (SSSR count). The second kappa shape index (κ2) is 12.8. The summed E-state index contributed by atoms with van der Waals surface area (Å²) in [5.74, 6) is -0.235. The molecule has 0 aromatic carbocycles. The minimum atomic E-state index is -0.117. The Hall–Kier alpha value is -1.74. The molecule has 0 aliphatic rings. The maximum absolute atomic E-state index is 11.9. The zero-order chi connectivity index (χ0) is 21.9. The fourth-order valence-corrected chi connectivity index (χ4v) is 4.43. The molecule has 0 saturated carbocycles. The molecule has 2 aromatic rings. The molecule has 0 bridgehead atoms. The van der Waals surface area contributed by atoms with Gasteiger partial charge < -0.3 is 0 Å². The molecule has 30 heavy (non-hydrogen) atoms. The van der Waals surface area contributed by atoms with E-state index in [2.05, 4.69) is 21.1 Å². The molecule has 0 aliphatic carbocycles. The van der Waals surface area contributed by atoms with Crippen molar-refractivity contribution < 1.29 is 9.59 Å². The molecular formula is C20H24Cl2N4O2S2. The lowest BCUT2D eigenvalue weighted by atomic mass is 10.1. The Morgan fingerprint density at radius 1 is 0.767 bits per heavy atom. The molecule has 2 amide bonds. The number of nitrogens with zero attached hydrogens (tertiary/aromatic N) is 2. The highest BCUT2D eigenvalue weighted by Crippen LogP contribution is 2.22. The fraction of sp³-hybridized carbons (Fsp3) is 0.400. The third-order valence-electron chi connectivity index (χ3n) is 4.11. The molecule has 6 nitrogen and oxygen atoms in total. The van der Waals surface area contributed by atoms with E-state index < -0.39 is 0 Å². The van der Waals surface area contributed by atoms with Gasteiger partial charge in [0, 0.05) is 12.8 Å². The number of hydrogen-bond acceptors (Lipinski definition) is 6. The van der Waals surface area contributed by atoms with E-state index in [9.17, 15) is 9.59 Å². The molecule has 0 aliphatic heterocycles. The van der Waals surface area contributed by atoms with Crippen molar-refractivity contribution in [1.82, 2.24) is 10.9 Å². The van der Waals surface area contributed by atoms with Gasteiger partial charge >= 0.3 is 0 Å². The zero-order valence-corrected chi connectivity index (χ0v) is 20.0. The number of hydrogen-bond donors (Lipinski definition) is 2. The molecule has 0 unspecified atom stereocenters. The summed E-state index contributed by atoms with van der Waals surface area (Å²) in [6.45, 7) is 3.66. The summed E-state index contributed by atoms with van der Waals surface area (Å²) >= 11 is 14.6. The summed E-state index contributed by atoms with van der Waals surface area (Å²) in [6.07, 6.45) is 4.06. The smallest absolute Gasteiger partial charge is 0.240 e. The van der Waals surface area contributed by atoms with Crippen LogP contribution in [0.3, 0.4) is 0 Å². The number of halogens is 2. The highest BCUT2D eigenvalue weighted by atomic mass is 35.5. The van der Waals surface area contributed by atoms with E-state index in [1.54, 1.807) is 12.1 Å². The van der Waals surface area contributed by atoms with E-state index >= 15 is 0 Å². The summed E-state index contributed by atoms with van der Waals surface area (Å²) in [5, 5.41) is 8.20. The minimum absolute atomic E-state index is 0.117. The van der Waals surface area contributed by atoms with Crippen LogP contribution in [0, 0.1) is 0 Å². The van der Waals surface area contributed by atoms with Crippen LogP contribution in [-0.2, 0) is 9.59 Å². The lowest BCUT2D eigenvalue weighted by Gasteiger charge is -2.03. The van der Waals surface area contributed by atoms with Crippen LogP contribution < -0.4 is 10.9 Å². The molecule has 2 aromatic heterocycles. The highest BCUT2D eigenvalue weighted by Gasteiger charge is 2.06. The Bertz CT molecular complexity index is 847. The van der Waals surface area contributed by atoms with Crippen LogP contribution in [0.4, 0.5) is 0 Å². The number of nitrogens with one attached hydrogen (secondary N) is 2. The summed E-state index contributed by atoms with van der Waals surface area (Å²) in [5.41, 5.74) is 6.59. The maximum Gasteiger partial charge on any atom is 0.240 e. The van der Waals surface area contributed by atoms with E-state index in [0.29, 0.717) is 21.5 Å². The minimum Gasteiger partial charge on any atom is -0.273 e. The molecule has 162 valence electrons. The summed E-state index contributed by atoms with van der Waals surface area (Å²) in [4.78, 5) is 25.6. The number of thiophene rings is 2. The van der Waals surface area contributed by atoms with Crippen molar-refractivity contribution in [2.45, 2.75) is 52.4 Å². The largest absolute Gasteiger partial charge is 0.273 e. The van der Waals surface area contributed by atoms with Crippen molar-refractivity contribution in [3.8, 4) is 0 Å². The summed E-state index contributed by atoms with van der Waals surface area (Å²) < 4.78 is 1.38. The Labute approximate surface area is 194 Å². The van der Waals surface area contributed by atoms with E-state index in [-0.39, 0.29) is 11.8 Å². The van der Waals surface area contributed by atoms with Gasteiger partial charge in [-0.15, -0.1) is 22.7 Å². The van der Waals surface area contributed by atoms with Gasteiger partial charge in [0.1, 0.15) is 0 Å². The number of hydrazone groups is 2. The van der Waals surface area contributed by atoms with Crippen LogP contribution in [0.2, 0.25) is 8.67 Å². The summed E-state index contributed by atoms with van der Waals surface area (Å²) in [6, 6.07) is 7.35. The van der Waals surface area contributed by atoms with Gasteiger partial charge in [-0.25, -0.2) is 10.9 Å². The van der Waals surface area contributed by atoms with Gasteiger partial charge in [-0.2, -0.15) is 10.2 Å². The number of carbonyl (C=O) groups is 2. The first-order valence-electron chi connectivity index (χ1n) is 9.53. The highest BCUT2D eigenvalue weighted by molar-refractivity contribution is 7.18. The molecule has 10 heteroatoms. The molecule has 2 heterocycles. The van der Waals surface area contributed by atoms with Gasteiger partial charge in [0.2, 0.25) is 11.8 Å². The first-order chi connectivity index (χ1) is 14.3. The third kappa shape index (κ3) is 8.95. The van der Waals surface area contributed by atoms with Crippen molar-refractivity contribution in [2.24, 2.45) is 10.2 Å². The quantitative estimate of drug-likeness (QED) is 0.237. The molecule has 0 radical (unpaired) electrons. The second-order valence-corrected chi connectivity index (χ2v) is 10.0. The number of unbranched alkanes of at least 4 members (excludes halogenated alkanes) is 3. The number of carbonyl (C=O) groups excluding carboxylic acids is 2. The Morgan fingerprint density at radius 3 is 1.50 bits per heavy atom. The topological polar surface area (TPSA) is 82.9 Å². The number of amides is 2. The zero-order valence-electron chi connectivity index (χ0n) is 16.8. The van der Waals surface area contributed by atoms with Crippen LogP contribution in [-0.4, -0.2) is 23.2 Å². The third-order valence-corrected chi connectivity index (χ3v) is 6.79. The maximum atomic E-state index is 11.9. The first-order valence-corrected chi connectivity index (χ1v) is 11.9. The summed E-state index contributed by atoms with van der Waals surface area (Å²) in [7, 11) is 0. The van der Waals surface area contributed by atoms with Crippen LogP contribution in [0.5, 0.6) is 0 Å². The lowest BCUT2D eigenvalue weighted by molar-refractivity contribution is -0.122. The van der Waals surface area contributed by atoms with Crippen LogP contribution in [0.1, 0.15) is 62.1 Å². The normalized spacial score (nSPS) is 12.1. The average Bonchev–Trinajstić information content (AvgIpc) is 3.35. The second-order valence-electron chi connectivity index (χ2n) is 6.59. The van der Waals surface area contributed by atoms with E-state index in [0.717, 1.165) is 46.9 Å². The Balaban J connectivity index is 1.54. The fourth-order valence-electron chi connectivity index (χ4n) is 2.46. The molecular weight excluding hydrogens is 463 g/mol. The van der Waals surface area contributed by atoms with Crippen LogP contribution in [0.25, 0.3) is 0 Å². The SMILES string of the molecule is C/C(=N\NC(=O)CCCCCCC(=O)N/N=C(\C)c1ccc(Cl)s1)c1ccc(Cl)s1. The predicted octanol–water partition coefficient (Wildman–Crippen LogP) is 5.84. The molecule has 2 N–H and O–H groups in total. The van der Waals surface area contributed by atoms with E-state index in [4.69, 9.17) is 23.2 Å². The monoisotopic (exact) mass is 486 g/mol.